The Kier molecular flexibility index (Phi) is 6.11. The van der Waals surface area contributed by atoms with Gasteiger partial charge in [0.2, 0.25) is 0 Å². The fraction of sp³-hybridized carbons (Fsp3) is 0.444. The monoisotopic (exact) mass is 332 g/mol. The van der Waals surface area contributed by atoms with Gasteiger partial charge in [-0.1, -0.05) is 37.5 Å². The van der Waals surface area contributed by atoms with E-state index in [4.69, 9.17) is 5.21 Å². The van der Waals surface area contributed by atoms with Gasteiger partial charge in [0.15, 0.2) is 0 Å². The van der Waals surface area contributed by atoms with Gasteiger partial charge in [0.1, 0.15) is 5.54 Å². The van der Waals surface area contributed by atoms with Gasteiger partial charge < -0.3 is 5.11 Å². The molecule has 24 heavy (non-hydrogen) atoms. The molecule has 6 heteroatoms. The second kappa shape index (κ2) is 8.08. The normalized spacial score (nSPS) is 16.9. The van der Waals surface area contributed by atoms with Crippen molar-refractivity contribution < 1.29 is 19.9 Å². The van der Waals surface area contributed by atoms with Gasteiger partial charge in [0.05, 0.1) is 0 Å². The molecule has 1 aliphatic rings. The van der Waals surface area contributed by atoms with Crippen molar-refractivity contribution in [2.75, 3.05) is 0 Å². The Hall–Kier alpha value is -2.18. The minimum atomic E-state index is -0.817. The van der Waals surface area contributed by atoms with Gasteiger partial charge in [-0.2, -0.15) is 0 Å². The van der Waals surface area contributed by atoms with Crippen molar-refractivity contribution in [1.82, 2.24) is 10.8 Å². The lowest BCUT2D eigenvalue weighted by molar-refractivity contribution is -0.146. The maximum atomic E-state index is 11.7. The molecule has 0 aromatic heterocycles. The predicted molar refractivity (Wildman–Crippen MR) is 90.4 cm³/mol. The number of benzene rings is 1. The molecule has 0 atom stereocenters. The van der Waals surface area contributed by atoms with Crippen LogP contribution in [-0.2, 0) is 16.1 Å². The summed E-state index contributed by atoms with van der Waals surface area (Å²) < 4.78 is 0. The van der Waals surface area contributed by atoms with Crippen molar-refractivity contribution in [3.8, 4) is 0 Å². The van der Waals surface area contributed by atoms with E-state index >= 15 is 0 Å². The van der Waals surface area contributed by atoms with Crippen LogP contribution in [0.5, 0.6) is 0 Å². The van der Waals surface area contributed by atoms with Crippen LogP contribution in [-0.4, -0.2) is 27.7 Å². The summed E-state index contributed by atoms with van der Waals surface area (Å²) in [6.07, 6.45) is 7.16. The second-order valence-electron chi connectivity index (χ2n) is 6.30. The Morgan fingerprint density at radius 3 is 2.54 bits per heavy atom. The van der Waals surface area contributed by atoms with Crippen LogP contribution < -0.4 is 10.8 Å². The molecule has 0 radical (unpaired) electrons. The Bertz CT molecular complexity index is 634. The van der Waals surface area contributed by atoms with Crippen molar-refractivity contribution >= 4 is 18.0 Å². The number of hydrogen-bond acceptors (Lipinski definition) is 4. The third-order valence-electron chi connectivity index (χ3n) is 4.64. The smallest absolute Gasteiger partial charge is 0.323 e. The van der Waals surface area contributed by atoms with E-state index in [1.807, 2.05) is 25.1 Å². The van der Waals surface area contributed by atoms with E-state index in [1.54, 1.807) is 11.6 Å². The Morgan fingerprint density at radius 1 is 1.25 bits per heavy atom. The first-order valence-electron chi connectivity index (χ1n) is 8.17. The average molecular weight is 332 g/mol. The number of carboxylic acids is 1. The van der Waals surface area contributed by atoms with Crippen LogP contribution in [0, 0.1) is 6.92 Å². The van der Waals surface area contributed by atoms with Gasteiger partial charge >= 0.3 is 5.97 Å². The number of aliphatic carboxylic acids is 1. The van der Waals surface area contributed by atoms with E-state index in [0.29, 0.717) is 19.4 Å². The first-order chi connectivity index (χ1) is 11.5. The van der Waals surface area contributed by atoms with Gasteiger partial charge in [-0.25, -0.2) is 5.48 Å². The Morgan fingerprint density at radius 2 is 1.96 bits per heavy atom. The van der Waals surface area contributed by atoms with Crippen molar-refractivity contribution in [3.05, 3.63) is 41.0 Å². The molecule has 0 unspecified atom stereocenters. The summed E-state index contributed by atoms with van der Waals surface area (Å²) in [6.45, 7) is 2.45. The topological polar surface area (TPSA) is 98.7 Å². The van der Waals surface area contributed by atoms with Gasteiger partial charge in [0.25, 0.3) is 5.91 Å². The molecule has 1 aromatic carbocycles. The number of nitrogens with one attached hydrogen (secondary N) is 2. The number of carbonyl (C=O) groups excluding carboxylic acids is 1. The second-order valence-corrected chi connectivity index (χ2v) is 6.30. The Balaban J connectivity index is 2.06. The fourth-order valence-corrected chi connectivity index (χ4v) is 3.12. The lowest BCUT2D eigenvalue weighted by Gasteiger charge is -2.34. The predicted octanol–water partition coefficient (Wildman–Crippen LogP) is 2.39. The number of carboxylic acid groups (broad SMARTS) is 1. The number of aryl methyl sites for hydroxylation is 1. The molecule has 0 heterocycles. The first-order valence-corrected chi connectivity index (χ1v) is 8.17. The first kappa shape index (κ1) is 18.2. The molecule has 130 valence electrons. The molecule has 6 nitrogen and oxygen atoms in total. The van der Waals surface area contributed by atoms with Crippen LogP contribution in [0.15, 0.2) is 24.3 Å². The van der Waals surface area contributed by atoms with Crippen LogP contribution in [0.4, 0.5) is 0 Å². The highest BCUT2D eigenvalue weighted by atomic mass is 16.5. The molecule has 1 amide bonds. The van der Waals surface area contributed by atoms with Crippen molar-refractivity contribution in [2.24, 2.45) is 0 Å². The van der Waals surface area contributed by atoms with E-state index in [1.165, 1.54) is 6.08 Å². The molecule has 1 aliphatic carbocycles. The van der Waals surface area contributed by atoms with Crippen molar-refractivity contribution in [1.29, 1.82) is 0 Å². The third-order valence-corrected chi connectivity index (χ3v) is 4.64. The van der Waals surface area contributed by atoms with Crippen molar-refractivity contribution in [3.63, 3.8) is 0 Å². The quantitative estimate of drug-likeness (QED) is 0.364. The van der Waals surface area contributed by atoms with E-state index < -0.39 is 17.4 Å². The van der Waals surface area contributed by atoms with Gasteiger partial charge in [-0.15, -0.1) is 0 Å². The maximum Gasteiger partial charge on any atom is 0.323 e. The lowest BCUT2D eigenvalue weighted by Crippen LogP contribution is -2.52. The molecular weight excluding hydrogens is 308 g/mol. The highest BCUT2D eigenvalue weighted by Gasteiger charge is 2.38. The Labute approximate surface area is 141 Å². The molecule has 4 N–H and O–H groups in total. The molecule has 0 aliphatic heterocycles. The number of hydroxylamine groups is 1. The molecule has 1 fully saturated rings. The number of carbonyl (C=O) groups is 2. The lowest BCUT2D eigenvalue weighted by atomic mass is 9.81. The third kappa shape index (κ3) is 4.43. The largest absolute Gasteiger partial charge is 0.480 e. The summed E-state index contributed by atoms with van der Waals surface area (Å²) >= 11 is 0. The van der Waals surface area contributed by atoms with Crippen LogP contribution in [0.25, 0.3) is 6.08 Å². The summed E-state index contributed by atoms with van der Waals surface area (Å²) in [5, 5.41) is 21.3. The molecular formula is C18H24N2O4. The number of hydrogen-bond donors (Lipinski definition) is 4. The fourth-order valence-electron chi connectivity index (χ4n) is 3.12. The summed E-state index contributed by atoms with van der Waals surface area (Å²) in [7, 11) is 0. The molecule has 0 saturated heterocycles. The van der Waals surface area contributed by atoms with Crippen LogP contribution in [0.1, 0.15) is 48.8 Å². The summed E-state index contributed by atoms with van der Waals surface area (Å²) in [4.78, 5) is 22.7. The molecule has 1 aromatic rings. The van der Waals surface area contributed by atoms with Crippen molar-refractivity contribution in [2.45, 2.75) is 51.1 Å². The van der Waals surface area contributed by atoms with E-state index in [9.17, 15) is 14.7 Å². The summed E-state index contributed by atoms with van der Waals surface area (Å²) in [5.74, 6) is -1.35. The highest BCUT2D eigenvalue weighted by Crippen LogP contribution is 2.29. The molecule has 0 bridgehead atoms. The van der Waals surface area contributed by atoms with E-state index in [-0.39, 0.29) is 0 Å². The maximum absolute atomic E-state index is 11.7. The van der Waals surface area contributed by atoms with E-state index in [2.05, 4.69) is 5.32 Å². The molecule has 1 saturated carbocycles. The van der Waals surface area contributed by atoms with Gasteiger partial charge in [-0.3, -0.25) is 20.1 Å². The minimum Gasteiger partial charge on any atom is -0.480 e. The van der Waals surface area contributed by atoms with Crippen LogP contribution in [0.2, 0.25) is 0 Å². The average Bonchev–Trinajstić information content (AvgIpc) is 2.59. The summed E-state index contributed by atoms with van der Waals surface area (Å²) in [6, 6.07) is 5.71. The minimum absolute atomic E-state index is 0.499. The van der Waals surface area contributed by atoms with Gasteiger partial charge in [-0.05, 0) is 42.5 Å². The summed E-state index contributed by atoms with van der Waals surface area (Å²) in [5.41, 5.74) is 3.61. The molecule has 2 rings (SSSR count). The van der Waals surface area contributed by atoms with Crippen LogP contribution >= 0.6 is 0 Å². The highest BCUT2D eigenvalue weighted by molar-refractivity contribution is 5.90. The van der Waals surface area contributed by atoms with E-state index in [0.717, 1.165) is 36.0 Å². The standard InChI is InChI=1S/C18H24N2O4/c1-13-11-14(6-8-16(21)20-24)5-7-15(13)12-19-18(17(22)23)9-3-2-4-10-18/h5-8,11,19,24H,2-4,9-10,12H2,1H3,(H,20,21)(H,22,23). The number of amides is 1. The zero-order valence-electron chi connectivity index (χ0n) is 13.8. The zero-order valence-corrected chi connectivity index (χ0v) is 13.8. The SMILES string of the molecule is Cc1cc(C=CC(=O)NO)ccc1CNC1(C(=O)O)CCCCC1. The molecule has 0 spiro atoms. The number of rotatable bonds is 6. The van der Waals surface area contributed by atoms with Gasteiger partial charge in [0, 0.05) is 12.6 Å². The zero-order chi connectivity index (χ0) is 17.6. The van der Waals surface area contributed by atoms with Crippen LogP contribution in [0.3, 0.4) is 0 Å².